The molecule has 1 saturated heterocycles. The summed E-state index contributed by atoms with van der Waals surface area (Å²) in [5, 5.41) is 4.74. The maximum Gasteiger partial charge on any atom is 0.257 e. The van der Waals surface area contributed by atoms with E-state index in [-0.39, 0.29) is 12.5 Å². The molecule has 0 unspecified atom stereocenters. The molecule has 8 heteroatoms. The number of benzene rings is 2. The topological polar surface area (TPSA) is 72.2 Å². The molecule has 1 fully saturated rings. The first-order valence-corrected chi connectivity index (χ1v) is 11.3. The maximum absolute atomic E-state index is 13.5. The minimum Gasteiger partial charge on any atom is -0.497 e. The highest BCUT2D eigenvalue weighted by atomic mass is 16.5. The molecule has 0 radical (unpaired) electrons. The first kappa shape index (κ1) is 21.9. The number of hydrogen-bond donors (Lipinski definition) is 0. The second-order valence-corrected chi connectivity index (χ2v) is 8.19. The zero-order valence-corrected chi connectivity index (χ0v) is 19.3. The van der Waals surface area contributed by atoms with E-state index in [0.29, 0.717) is 30.0 Å². The van der Waals surface area contributed by atoms with E-state index >= 15 is 0 Å². The lowest BCUT2D eigenvalue weighted by Crippen LogP contribution is -2.49. The summed E-state index contributed by atoms with van der Waals surface area (Å²) >= 11 is 0. The number of carbonyl (C=O) groups is 1. The number of fused-ring (bicyclic) bond motifs is 1. The molecular formula is C26H27N5O3. The molecule has 0 N–H and O–H groups in total. The van der Waals surface area contributed by atoms with Crippen LogP contribution in [0, 0.1) is 0 Å². The lowest BCUT2D eigenvalue weighted by atomic mass is 10.1. The molecule has 8 nitrogen and oxygen atoms in total. The van der Waals surface area contributed by atoms with Crippen LogP contribution < -0.4 is 9.64 Å². The molecule has 1 aliphatic heterocycles. The number of piperazine rings is 1. The van der Waals surface area contributed by atoms with E-state index in [1.807, 2.05) is 65.6 Å². The highest BCUT2D eigenvalue weighted by molar-refractivity contribution is 5.95. The minimum absolute atomic E-state index is 0.0485. The van der Waals surface area contributed by atoms with E-state index < -0.39 is 0 Å². The SMILES string of the molecule is COCc1c(C(=O)N2CCN(c3ccc(OC)cc3)CC2)cnc2cc(-c3ccccc3)nn12. The molecule has 1 aliphatic rings. The van der Waals surface area contributed by atoms with Crippen LogP contribution in [0.3, 0.4) is 0 Å². The molecule has 0 spiro atoms. The summed E-state index contributed by atoms with van der Waals surface area (Å²) in [6.45, 7) is 3.04. The standard InChI is InChI=1S/C26H27N5O3/c1-33-18-24-22(17-27-25-16-23(28-31(24)25)19-6-4-3-5-7-19)26(32)30-14-12-29(13-15-30)20-8-10-21(34-2)11-9-20/h3-11,16-17H,12-15,18H2,1-2H3. The Kier molecular flexibility index (Phi) is 6.14. The van der Waals surface area contributed by atoms with Crippen molar-refractivity contribution in [2.75, 3.05) is 45.3 Å². The van der Waals surface area contributed by atoms with E-state index in [1.54, 1.807) is 24.9 Å². The second kappa shape index (κ2) is 9.52. The minimum atomic E-state index is -0.0485. The molecule has 0 saturated carbocycles. The lowest BCUT2D eigenvalue weighted by molar-refractivity contribution is 0.0739. The molecule has 34 heavy (non-hydrogen) atoms. The summed E-state index contributed by atoms with van der Waals surface area (Å²) in [6, 6.07) is 19.9. The predicted octanol–water partition coefficient (Wildman–Crippen LogP) is 3.51. The van der Waals surface area contributed by atoms with E-state index in [2.05, 4.69) is 9.88 Å². The van der Waals surface area contributed by atoms with Crippen molar-refractivity contribution in [2.24, 2.45) is 0 Å². The van der Waals surface area contributed by atoms with Gasteiger partial charge >= 0.3 is 0 Å². The van der Waals surface area contributed by atoms with Crippen LogP contribution in [0.2, 0.25) is 0 Å². The van der Waals surface area contributed by atoms with Gasteiger partial charge in [-0.15, -0.1) is 0 Å². The molecule has 3 heterocycles. The fourth-order valence-corrected chi connectivity index (χ4v) is 4.32. The van der Waals surface area contributed by atoms with Crippen LogP contribution in [0.25, 0.3) is 16.9 Å². The zero-order valence-electron chi connectivity index (χ0n) is 19.3. The van der Waals surface area contributed by atoms with Crippen molar-refractivity contribution in [3.8, 4) is 17.0 Å². The van der Waals surface area contributed by atoms with Crippen molar-refractivity contribution in [1.82, 2.24) is 19.5 Å². The molecule has 0 bridgehead atoms. The number of ether oxygens (including phenoxy) is 2. The highest BCUT2D eigenvalue weighted by Crippen LogP contribution is 2.24. The summed E-state index contributed by atoms with van der Waals surface area (Å²) in [4.78, 5) is 22.2. The number of hydrogen-bond acceptors (Lipinski definition) is 6. The second-order valence-electron chi connectivity index (χ2n) is 8.19. The van der Waals surface area contributed by atoms with Gasteiger partial charge in [0.1, 0.15) is 5.75 Å². The van der Waals surface area contributed by atoms with E-state index in [0.717, 1.165) is 35.8 Å². The van der Waals surface area contributed by atoms with Crippen molar-refractivity contribution in [3.05, 3.63) is 78.1 Å². The third-order valence-corrected chi connectivity index (χ3v) is 6.17. The maximum atomic E-state index is 13.5. The molecule has 2 aromatic heterocycles. The van der Waals surface area contributed by atoms with E-state index in [1.165, 1.54) is 0 Å². The van der Waals surface area contributed by atoms with Gasteiger partial charge in [0.15, 0.2) is 5.65 Å². The van der Waals surface area contributed by atoms with Gasteiger partial charge in [-0.2, -0.15) is 5.10 Å². The van der Waals surface area contributed by atoms with Gasteiger partial charge in [0, 0.05) is 56.8 Å². The monoisotopic (exact) mass is 457 g/mol. The lowest BCUT2D eigenvalue weighted by Gasteiger charge is -2.36. The van der Waals surface area contributed by atoms with Crippen LogP contribution in [-0.4, -0.2) is 65.8 Å². The number of rotatable bonds is 6. The third-order valence-electron chi connectivity index (χ3n) is 6.17. The first-order valence-electron chi connectivity index (χ1n) is 11.3. The number of anilines is 1. The fraction of sp³-hybridized carbons (Fsp3) is 0.269. The molecule has 5 rings (SSSR count). The van der Waals surface area contributed by atoms with Gasteiger partial charge in [0.25, 0.3) is 5.91 Å². The van der Waals surface area contributed by atoms with Crippen molar-refractivity contribution in [3.63, 3.8) is 0 Å². The van der Waals surface area contributed by atoms with Crippen molar-refractivity contribution < 1.29 is 14.3 Å². The molecule has 174 valence electrons. The van der Waals surface area contributed by atoms with Crippen LogP contribution >= 0.6 is 0 Å². The van der Waals surface area contributed by atoms with Crippen molar-refractivity contribution >= 4 is 17.2 Å². The first-order chi connectivity index (χ1) is 16.7. The van der Waals surface area contributed by atoms with Gasteiger partial charge in [-0.25, -0.2) is 9.50 Å². The number of carbonyl (C=O) groups excluding carboxylic acids is 1. The van der Waals surface area contributed by atoms with Gasteiger partial charge in [-0.3, -0.25) is 4.79 Å². The van der Waals surface area contributed by atoms with Gasteiger partial charge in [0.05, 0.1) is 30.7 Å². The molecule has 0 aliphatic carbocycles. The average molecular weight is 458 g/mol. The quantitative estimate of drug-likeness (QED) is 0.441. The van der Waals surface area contributed by atoms with Crippen LogP contribution in [0.4, 0.5) is 5.69 Å². The van der Waals surface area contributed by atoms with Crippen LogP contribution in [-0.2, 0) is 11.3 Å². The van der Waals surface area contributed by atoms with Gasteiger partial charge in [-0.05, 0) is 24.3 Å². The van der Waals surface area contributed by atoms with Crippen LogP contribution in [0.5, 0.6) is 5.75 Å². The van der Waals surface area contributed by atoms with Gasteiger partial charge in [-0.1, -0.05) is 30.3 Å². The average Bonchev–Trinajstić information content (AvgIpc) is 3.34. The van der Waals surface area contributed by atoms with Crippen molar-refractivity contribution in [2.45, 2.75) is 6.61 Å². The Labute approximate surface area is 198 Å². The molecular weight excluding hydrogens is 430 g/mol. The Bertz CT molecular complexity index is 1280. The molecule has 0 atom stereocenters. The molecule has 4 aromatic rings. The largest absolute Gasteiger partial charge is 0.497 e. The Morgan fingerprint density at radius 2 is 1.71 bits per heavy atom. The van der Waals surface area contributed by atoms with Gasteiger partial charge < -0.3 is 19.3 Å². The summed E-state index contributed by atoms with van der Waals surface area (Å²) in [7, 11) is 3.28. The Morgan fingerprint density at radius 3 is 2.38 bits per heavy atom. The zero-order chi connectivity index (χ0) is 23.5. The van der Waals surface area contributed by atoms with Gasteiger partial charge in [0.2, 0.25) is 0 Å². The summed E-state index contributed by atoms with van der Waals surface area (Å²) in [5.41, 5.74) is 4.85. The predicted molar refractivity (Wildman–Crippen MR) is 130 cm³/mol. The number of amides is 1. The van der Waals surface area contributed by atoms with E-state index in [9.17, 15) is 4.79 Å². The highest BCUT2D eigenvalue weighted by Gasteiger charge is 2.26. The fourth-order valence-electron chi connectivity index (χ4n) is 4.32. The summed E-state index contributed by atoms with van der Waals surface area (Å²) < 4.78 is 12.4. The van der Waals surface area contributed by atoms with Crippen LogP contribution in [0.1, 0.15) is 16.1 Å². The number of methoxy groups -OCH3 is 2. The molecule has 2 aromatic carbocycles. The summed E-state index contributed by atoms with van der Waals surface area (Å²) in [6.07, 6.45) is 1.65. The van der Waals surface area contributed by atoms with Crippen LogP contribution in [0.15, 0.2) is 66.9 Å². The molecule has 1 amide bonds. The smallest absolute Gasteiger partial charge is 0.257 e. The number of nitrogens with zero attached hydrogens (tertiary/aromatic N) is 5. The normalized spacial score (nSPS) is 13.9. The summed E-state index contributed by atoms with van der Waals surface area (Å²) in [5.74, 6) is 0.785. The number of aromatic nitrogens is 3. The Balaban J connectivity index is 1.37. The Hall–Kier alpha value is -3.91. The van der Waals surface area contributed by atoms with Crippen molar-refractivity contribution in [1.29, 1.82) is 0 Å². The third kappa shape index (κ3) is 4.20. The van der Waals surface area contributed by atoms with E-state index in [4.69, 9.17) is 14.6 Å². The Morgan fingerprint density at radius 1 is 0.971 bits per heavy atom.